The summed E-state index contributed by atoms with van der Waals surface area (Å²) in [5.74, 6) is -1.39. The van der Waals surface area contributed by atoms with E-state index in [1.165, 1.54) is 31.3 Å². The first-order chi connectivity index (χ1) is 9.31. The van der Waals surface area contributed by atoms with Crippen molar-refractivity contribution >= 4 is 33.4 Å². The number of nitrogens with zero attached hydrogens (tertiary/aromatic N) is 2. The lowest BCUT2D eigenvalue weighted by atomic mass is 10.3. The molecule has 20 heavy (non-hydrogen) atoms. The number of aromatic carboxylic acids is 1. The van der Waals surface area contributed by atoms with Gasteiger partial charge in [-0.15, -0.1) is 0 Å². The molecule has 106 valence electrons. The third-order valence-corrected chi connectivity index (χ3v) is 4.13. The number of hydrogen-bond acceptors (Lipinski definition) is 4. The van der Waals surface area contributed by atoms with Crippen molar-refractivity contribution in [3.05, 3.63) is 41.0 Å². The second kappa shape index (κ2) is 5.14. The lowest BCUT2D eigenvalue weighted by molar-refractivity contribution is 0.0698. The number of carbonyl (C=O) groups is 1. The van der Waals surface area contributed by atoms with Crippen LogP contribution in [0.4, 0.5) is 5.82 Å². The second-order valence-corrected chi connectivity index (χ2v) is 6.01. The number of halogens is 1. The summed E-state index contributed by atoms with van der Waals surface area (Å²) < 4.78 is 27.6. The number of rotatable bonds is 4. The zero-order chi connectivity index (χ0) is 14.9. The largest absolute Gasteiger partial charge is 0.477 e. The maximum Gasteiger partial charge on any atom is 0.341 e. The van der Waals surface area contributed by atoms with Crippen LogP contribution in [0.3, 0.4) is 0 Å². The fourth-order valence-electron chi connectivity index (χ4n) is 1.52. The van der Waals surface area contributed by atoms with E-state index in [9.17, 15) is 13.2 Å². The Bertz CT molecular complexity index is 752. The van der Waals surface area contributed by atoms with E-state index in [-0.39, 0.29) is 16.3 Å². The Morgan fingerprint density at radius 3 is 2.50 bits per heavy atom. The number of aromatic nitrogens is 2. The van der Waals surface area contributed by atoms with Gasteiger partial charge in [-0.3, -0.25) is 9.40 Å². The number of sulfonamides is 1. The van der Waals surface area contributed by atoms with E-state index in [1.54, 1.807) is 0 Å². The minimum atomic E-state index is -3.91. The molecule has 2 N–H and O–H groups in total. The molecule has 9 heteroatoms. The lowest BCUT2D eigenvalue weighted by Crippen LogP contribution is -2.17. The van der Waals surface area contributed by atoms with E-state index in [2.05, 4.69) is 9.82 Å². The zero-order valence-electron chi connectivity index (χ0n) is 10.2. The van der Waals surface area contributed by atoms with Gasteiger partial charge < -0.3 is 5.11 Å². The summed E-state index contributed by atoms with van der Waals surface area (Å²) in [7, 11) is -2.47. The quantitative estimate of drug-likeness (QED) is 0.891. The van der Waals surface area contributed by atoms with Crippen molar-refractivity contribution < 1.29 is 18.3 Å². The van der Waals surface area contributed by atoms with Gasteiger partial charge in [-0.25, -0.2) is 13.2 Å². The molecule has 7 nitrogen and oxygen atoms in total. The maximum absolute atomic E-state index is 12.1. The number of aryl methyl sites for hydroxylation is 1. The highest BCUT2D eigenvalue weighted by Gasteiger charge is 2.21. The van der Waals surface area contributed by atoms with Gasteiger partial charge >= 0.3 is 5.97 Å². The Kier molecular flexibility index (Phi) is 3.69. The van der Waals surface area contributed by atoms with Crippen LogP contribution in [0.1, 0.15) is 10.4 Å². The molecule has 0 bridgehead atoms. The highest BCUT2D eigenvalue weighted by Crippen LogP contribution is 2.20. The molecule has 0 aliphatic carbocycles. The number of hydrogen-bond donors (Lipinski definition) is 2. The van der Waals surface area contributed by atoms with Crippen molar-refractivity contribution in [1.29, 1.82) is 0 Å². The summed E-state index contributed by atoms with van der Waals surface area (Å²) in [6.07, 6.45) is 1.07. The molecule has 2 aromatic rings. The van der Waals surface area contributed by atoms with Crippen molar-refractivity contribution in [2.75, 3.05) is 4.72 Å². The average molecular weight is 316 g/mol. The van der Waals surface area contributed by atoms with Crippen molar-refractivity contribution in [1.82, 2.24) is 9.78 Å². The van der Waals surface area contributed by atoms with Gasteiger partial charge in [-0.2, -0.15) is 5.10 Å². The van der Waals surface area contributed by atoms with E-state index in [0.29, 0.717) is 5.02 Å². The summed E-state index contributed by atoms with van der Waals surface area (Å²) in [5, 5.41) is 13.1. The number of carboxylic acid groups (broad SMARTS) is 1. The van der Waals surface area contributed by atoms with E-state index in [4.69, 9.17) is 16.7 Å². The first-order valence-electron chi connectivity index (χ1n) is 5.35. The van der Waals surface area contributed by atoms with Gasteiger partial charge in [0.25, 0.3) is 10.0 Å². The Morgan fingerprint density at radius 2 is 1.95 bits per heavy atom. The first kappa shape index (κ1) is 14.4. The molecule has 0 radical (unpaired) electrons. The molecule has 0 amide bonds. The number of benzene rings is 1. The molecule has 2 rings (SSSR count). The molecule has 0 spiro atoms. The molecule has 0 atom stereocenters. The summed E-state index contributed by atoms with van der Waals surface area (Å²) in [6.45, 7) is 0. The van der Waals surface area contributed by atoms with Crippen LogP contribution < -0.4 is 4.72 Å². The van der Waals surface area contributed by atoms with Gasteiger partial charge in [-0.05, 0) is 24.3 Å². The normalized spacial score (nSPS) is 11.3. The van der Waals surface area contributed by atoms with Crippen molar-refractivity contribution in [3.63, 3.8) is 0 Å². The Balaban J connectivity index is 2.41. The highest BCUT2D eigenvalue weighted by molar-refractivity contribution is 7.92. The van der Waals surface area contributed by atoms with Crippen LogP contribution in [-0.4, -0.2) is 29.3 Å². The minimum Gasteiger partial charge on any atom is -0.477 e. The monoisotopic (exact) mass is 315 g/mol. The average Bonchev–Trinajstić information content (AvgIpc) is 2.71. The Labute approximate surface area is 119 Å². The van der Waals surface area contributed by atoms with Gasteiger partial charge in [0.05, 0.1) is 11.1 Å². The maximum atomic E-state index is 12.1. The van der Waals surface area contributed by atoms with Gasteiger partial charge in [0.2, 0.25) is 0 Å². The van der Waals surface area contributed by atoms with Crippen molar-refractivity contribution in [3.8, 4) is 0 Å². The second-order valence-electron chi connectivity index (χ2n) is 3.90. The fraction of sp³-hybridized carbons (Fsp3) is 0.0909. The fourth-order valence-corrected chi connectivity index (χ4v) is 2.75. The van der Waals surface area contributed by atoms with Gasteiger partial charge in [0.15, 0.2) is 5.82 Å². The number of nitrogens with one attached hydrogen (secondary N) is 1. The zero-order valence-corrected chi connectivity index (χ0v) is 11.8. The summed E-state index contributed by atoms with van der Waals surface area (Å²) in [5.41, 5.74) is -0.231. The van der Waals surface area contributed by atoms with Crippen molar-refractivity contribution in [2.24, 2.45) is 7.05 Å². The Morgan fingerprint density at radius 1 is 1.35 bits per heavy atom. The van der Waals surface area contributed by atoms with Gasteiger partial charge in [0, 0.05) is 12.1 Å². The molecule has 1 heterocycles. The smallest absolute Gasteiger partial charge is 0.341 e. The molecule has 1 aromatic heterocycles. The van der Waals surface area contributed by atoms with Crippen LogP contribution >= 0.6 is 11.6 Å². The van der Waals surface area contributed by atoms with E-state index >= 15 is 0 Å². The third-order valence-electron chi connectivity index (χ3n) is 2.52. The van der Waals surface area contributed by atoms with Crippen LogP contribution in [0.5, 0.6) is 0 Å². The Hall–Kier alpha value is -2.06. The summed E-state index contributed by atoms with van der Waals surface area (Å²) in [4.78, 5) is 11.0. The predicted molar refractivity (Wildman–Crippen MR) is 72.4 cm³/mol. The van der Waals surface area contributed by atoms with E-state index in [0.717, 1.165) is 10.9 Å². The van der Waals surface area contributed by atoms with Crippen LogP contribution in [0.15, 0.2) is 35.4 Å². The number of anilines is 1. The van der Waals surface area contributed by atoms with Crippen molar-refractivity contribution in [2.45, 2.75) is 4.90 Å². The van der Waals surface area contributed by atoms with E-state index < -0.39 is 16.0 Å². The minimum absolute atomic E-state index is 0.0283. The molecule has 1 aromatic carbocycles. The summed E-state index contributed by atoms with van der Waals surface area (Å²) in [6, 6.07) is 5.50. The van der Waals surface area contributed by atoms with Gasteiger partial charge in [0.1, 0.15) is 5.56 Å². The lowest BCUT2D eigenvalue weighted by Gasteiger charge is -2.09. The van der Waals surface area contributed by atoms with E-state index in [1.807, 2.05) is 0 Å². The molecule has 0 saturated heterocycles. The highest BCUT2D eigenvalue weighted by atomic mass is 35.5. The van der Waals surface area contributed by atoms with Gasteiger partial charge in [-0.1, -0.05) is 11.6 Å². The molecule has 0 unspecified atom stereocenters. The molecular formula is C11H10ClN3O4S. The molecule has 0 aliphatic heterocycles. The first-order valence-corrected chi connectivity index (χ1v) is 7.21. The topological polar surface area (TPSA) is 101 Å². The summed E-state index contributed by atoms with van der Waals surface area (Å²) >= 11 is 5.69. The molecule has 0 saturated carbocycles. The van der Waals surface area contributed by atoms with Crippen LogP contribution in [0.25, 0.3) is 0 Å². The van der Waals surface area contributed by atoms with Crippen LogP contribution in [0, 0.1) is 0 Å². The SMILES string of the molecule is Cn1ncc(C(=O)O)c1NS(=O)(=O)c1ccc(Cl)cc1. The number of carboxylic acids is 1. The van der Waals surface area contributed by atoms with Crippen LogP contribution in [-0.2, 0) is 17.1 Å². The third kappa shape index (κ3) is 2.75. The molecule has 0 aliphatic rings. The molecule has 0 fully saturated rings. The standard InChI is InChI=1S/C11H10ClN3O4S/c1-15-10(9(6-13-15)11(16)17)14-20(18,19)8-4-2-7(12)3-5-8/h2-6,14H,1H3,(H,16,17). The predicted octanol–water partition coefficient (Wildman–Crippen LogP) is 1.57. The molecular weight excluding hydrogens is 306 g/mol. The van der Waals surface area contributed by atoms with Crippen LogP contribution in [0.2, 0.25) is 5.02 Å².